The van der Waals surface area contributed by atoms with E-state index in [-0.39, 0.29) is 11.7 Å². The van der Waals surface area contributed by atoms with Crippen LogP contribution < -0.4 is 10.5 Å². The number of nitrogen functional groups attached to an aromatic ring is 1. The molecule has 2 rings (SSSR count). The van der Waals surface area contributed by atoms with Crippen LogP contribution in [0.1, 0.15) is 0 Å². The monoisotopic (exact) mass is 314 g/mol. The number of aromatic nitrogens is 3. The van der Waals surface area contributed by atoms with Crippen molar-refractivity contribution in [2.75, 3.05) is 18.6 Å². The molecule has 2 aromatic rings. The number of hydrogen-bond donors (Lipinski definition) is 2. The molecule has 0 aliphatic rings. The zero-order chi connectivity index (χ0) is 14.7. The lowest BCUT2D eigenvalue weighted by atomic mass is 10.3. The topological polar surface area (TPSA) is 103 Å². The summed E-state index contributed by atoms with van der Waals surface area (Å²) in [5.41, 5.74) is 6.40. The van der Waals surface area contributed by atoms with Crippen LogP contribution in [0.2, 0.25) is 5.02 Å². The molecule has 106 valence electrons. The van der Waals surface area contributed by atoms with E-state index < -0.39 is 5.97 Å². The number of carboxylic acids is 1. The fraction of sp³-hybridized carbons (Fsp3) is 0.182. The number of ether oxygens (including phenoxy) is 1. The Labute approximate surface area is 123 Å². The summed E-state index contributed by atoms with van der Waals surface area (Å²) in [6.45, 7) is 0. The number of methoxy groups -OCH3 is 1. The summed E-state index contributed by atoms with van der Waals surface area (Å²) in [5, 5.41) is 17.2. The van der Waals surface area contributed by atoms with Crippen LogP contribution in [0.3, 0.4) is 0 Å². The molecule has 0 radical (unpaired) electrons. The fourth-order valence-corrected chi connectivity index (χ4v) is 2.41. The maximum absolute atomic E-state index is 10.6. The summed E-state index contributed by atoms with van der Waals surface area (Å²) in [6.07, 6.45) is 0. The Morgan fingerprint density at radius 1 is 1.55 bits per heavy atom. The highest BCUT2D eigenvalue weighted by molar-refractivity contribution is 7.99. The van der Waals surface area contributed by atoms with Crippen LogP contribution in [0, 0.1) is 0 Å². The normalized spacial score (nSPS) is 10.5. The first-order valence-electron chi connectivity index (χ1n) is 5.42. The van der Waals surface area contributed by atoms with Gasteiger partial charge in [-0.15, -0.1) is 10.2 Å². The Hall–Kier alpha value is -1.93. The number of nitrogens with zero attached hydrogens (tertiary/aromatic N) is 3. The Morgan fingerprint density at radius 3 is 2.95 bits per heavy atom. The first-order chi connectivity index (χ1) is 9.52. The average Bonchev–Trinajstić information content (AvgIpc) is 2.78. The lowest BCUT2D eigenvalue weighted by molar-refractivity contribution is -0.133. The summed E-state index contributed by atoms with van der Waals surface area (Å²) in [5.74, 6) is -0.450. The molecule has 9 heteroatoms. The first-order valence-corrected chi connectivity index (χ1v) is 6.78. The number of aliphatic carboxylic acids is 1. The van der Waals surface area contributed by atoms with Crippen molar-refractivity contribution in [2.24, 2.45) is 0 Å². The number of halogens is 1. The third kappa shape index (κ3) is 2.97. The molecule has 0 saturated carbocycles. The summed E-state index contributed by atoms with van der Waals surface area (Å²) < 4.78 is 6.67. The van der Waals surface area contributed by atoms with E-state index in [4.69, 9.17) is 27.2 Å². The van der Waals surface area contributed by atoms with Gasteiger partial charge >= 0.3 is 5.97 Å². The molecule has 1 aromatic heterocycles. The van der Waals surface area contributed by atoms with E-state index in [9.17, 15) is 4.79 Å². The van der Waals surface area contributed by atoms with E-state index >= 15 is 0 Å². The fourth-order valence-electron chi connectivity index (χ4n) is 1.53. The summed E-state index contributed by atoms with van der Waals surface area (Å²) >= 11 is 6.98. The number of nitrogens with two attached hydrogens (primary N) is 1. The molecular weight excluding hydrogens is 304 g/mol. The van der Waals surface area contributed by atoms with Crippen molar-refractivity contribution in [1.29, 1.82) is 0 Å². The van der Waals surface area contributed by atoms with Gasteiger partial charge in [-0.25, -0.2) is 0 Å². The van der Waals surface area contributed by atoms with Gasteiger partial charge in [-0.05, 0) is 12.1 Å². The van der Waals surface area contributed by atoms with Crippen molar-refractivity contribution in [1.82, 2.24) is 14.8 Å². The second-order valence-electron chi connectivity index (χ2n) is 3.68. The van der Waals surface area contributed by atoms with E-state index in [1.807, 2.05) is 0 Å². The van der Waals surface area contributed by atoms with Crippen molar-refractivity contribution in [2.45, 2.75) is 5.16 Å². The van der Waals surface area contributed by atoms with Crippen LogP contribution in [-0.4, -0.2) is 38.7 Å². The Morgan fingerprint density at radius 2 is 2.30 bits per heavy atom. The van der Waals surface area contributed by atoms with E-state index in [1.54, 1.807) is 18.2 Å². The highest BCUT2D eigenvalue weighted by atomic mass is 35.5. The van der Waals surface area contributed by atoms with Gasteiger partial charge in [-0.1, -0.05) is 23.4 Å². The first kappa shape index (κ1) is 14.5. The molecule has 3 N–H and O–H groups in total. The quantitative estimate of drug-likeness (QED) is 0.809. The van der Waals surface area contributed by atoms with E-state index in [2.05, 4.69) is 10.2 Å². The van der Waals surface area contributed by atoms with Gasteiger partial charge in [0.05, 0.1) is 23.6 Å². The Balaban J connectivity index is 2.41. The number of carbonyl (C=O) groups is 1. The van der Waals surface area contributed by atoms with Crippen LogP contribution in [0.5, 0.6) is 5.75 Å². The Kier molecular flexibility index (Phi) is 4.35. The third-order valence-electron chi connectivity index (χ3n) is 2.38. The highest BCUT2D eigenvalue weighted by Gasteiger charge is 2.15. The lowest BCUT2D eigenvalue weighted by Gasteiger charge is -2.10. The molecule has 0 unspecified atom stereocenters. The van der Waals surface area contributed by atoms with Crippen molar-refractivity contribution >= 4 is 35.3 Å². The number of benzene rings is 1. The van der Waals surface area contributed by atoms with Crippen molar-refractivity contribution in [3.63, 3.8) is 0 Å². The molecule has 0 spiro atoms. The van der Waals surface area contributed by atoms with Gasteiger partial charge in [-0.2, -0.15) is 0 Å². The Bertz CT molecular complexity index is 647. The molecule has 0 amide bonds. The van der Waals surface area contributed by atoms with Crippen molar-refractivity contribution < 1.29 is 14.6 Å². The van der Waals surface area contributed by atoms with E-state index in [0.717, 1.165) is 11.8 Å². The minimum Gasteiger partial charge on any atom is -0.495 e. The smallest absolute Gasteiger partial charge is 0.313 e. The van der Waals surface area contributed by atoms with Crippen LogP contribution in [0.4, 0.5) is 5.95 Å². The molecule has 0 bridgehead atoms. The lowest BCUT2D eigenvalue weighted by Crippen LogP contribution is -2.04. The zero-order valence-corrected chi connectivity index (χ0v) is 12.0. The molecule has 0 aliphatic carbocycles. The van der Waals surface area contributed by atoms with Gasteiger partial charge in [0.15, 0.2) is 5.16 Å². The molecule has 0 atom stereocenters. The SMILES string of the molecule is COc1cc(-n2c(N)nnc2SCC(=O)O)ccc1Cl. The van der Waals surface area contributed by atoms with Gasteiger partial charge < -0.3 is 15.6 Å². The van der Waals surface area contributed by atoms with E-state index in [1.165, 1.54) is 11.7 Å². The minimum absolute atomic E-state index is 0.136. The van der Waals surface area contributed by atoms with Gasteiger partial charge in [0.2, 0.25) is 5.95 Å². The van der Waals surface area contributed by atoms with E-state index in [0.29, 0.717) is 21.6 Å². The number of carboxylic acid groups (broad SMARTS) is 1. The molecule has 0 fully saturated rings. The predicted octanol–water partition coefficient (Wildman–Crippen LogP) is 1.69. The maximum Gasteiger partial charge on any atom is 0.313 e. The third-order valence-corrected chi connectivity index (χ3v) is 3.60. The molecule has 7 nitrogen and oxygen atoms in total. The molecule has 0 saturated heterocycles. The number of thioether (sulfide) groups is 1. The molecule has 1 heterocycles. The second-order valence-corrected chi connectivity index (χ2v) is 5.03. The molecular formula is C11H11ClN4O3S. The largest absolute Gasteiger partial charge is 0.495 e. The van der Waals surface area contributed by atoms with Crippen LogP contribution in [0.15, 0.2) is 23.4 Å². The molecule has 0 aliphatic heterocycles. The number of anilines is 1. The highest BCUT2D eigenvalue weighted by Crippen LogP contribution is 2.30. The van der Waals surface area contributed by atoms with Crippen molar-refractivity contribution in [3.05, 3.63) is 23.2 Å². The van der Waals surface area contributed by atoms with Crippen LogP contribution >= 0.6 is 23.4 Å². The van der Waals surface area contributed by atoms with Gasteiger partial charge in [0.1, 0.15) is 5.75 Å². The second kappa shape index (κ2) is 6.02. The zero-order valence-electron chi connectivity index (χ0n) is 10.4. The number of hydrogen-bond acceptors (Lipinski definition) is 6. The van der Waals surface area contributed by atoms with Gasteiger partial charge in [0.25, 0.3) is 0 Å². The van der Waals surface area contributed by atoms with Gasteiger partial charge in [-0.3, -0.25) is 9.36 Å². The minimum atomic E-state index is -0.947. The van der Waals surface area contributed by atoms with Gasteiger partial charge in [0, 0.05) is 6.07 Å². The predicted molar refractivity (Wildman–Crippen MR) is 75.7 cm³/mol. The molecule has 1 aromatic carbocycles. The van der Waals surface area contributed by atoms with Crippen LogP contribution in [-0.2, 0) is 4.79 Å². The van der Waals surface area contributed by atoms with Crippen LogP contribution in [0.25, 0.3) is 5.69 Å². The average molecular weight is 315 g/mol. The maximum atomic E-state index is 10.6. The summed E-state index contributed by atoms with van der Waals surface area (Å²) in [7, 11) is 1.50. The van der Waals surface area contributed by atoms with Crippen molar-refractivity contribution in [3.8, 4) is 11.4 Å². The molecule has 20 heavy (non-hydrogen) atoms. The standard InChI is InChI=1S/C11H11ClN4O3S/c1-19-8-4-6(2-3-7(8)12)16-10(13)14-15-11(16)20-5-9(17)18/h2-4H,5H2,1H3,(H2,13,14)(H,17,18). The summed E-state index contributed by atoms with van der Waals surface area (Å²) in [4.78, 5) is 10.6. The number of rotatable bonds is 5. The summed E-state index contributed by atoms with van der Waals surface area (Å²) in [6, 6.07) is 5.04.